The molecule has 0 bridgehead atoms. The number of methoxy groups -OCH3 is 2. The van der Waals surface area contributed by atoms with Crippen molar-refractivity contribution in [3.8, 4) is 22.4 Å². The highest BCUT2D eigenvalue weighted by Gasteiger charge is 2.44. The maximum absolute atomic E-state index is 13.9. The molecule has 0 radical (unpaired) electrons. The molecular formula is C44H57N7O8. The van der Waals surface area contributed by atoms with Crippen LogP contribution in [0.15, 0.2) is 54.7 Å². The Bertz CT molecular complexity index is 2000. The summed E-state index contributed by atoms with van der Waals surface area (Å²) in [5.74, 6) is -1.26. The molecule has 0 aliphatic carbocycles. The Morgan fingerprint density at radius 1 is 0.729 bits per heavy atom. The highest BCUT2D eigenvalue weighted by atomic mass is 16.5. The van der Waals surface area contributed by atoms with Gasteiger partial charge >= 0.3 is 12.1 Å². The predicted molar refractivity (Wildman–Crippen MR) is 220 cm³/mol. The molecule has 3 aliphatic rings. The standard InChI is InChI=1S/C44H57N7O8/c1-26(2)32(24-37(52)58-5)41(54)49-21-7-10-34(49)39-45-25-33(47-39)30-15-13-28(14-16-30)29-17-19-31(20-18-29)46-40(53)35-11-8-22-50(35)42(55)36-12-9-23-51(36)43(56)38(27(3)4)48-44(57)59-6/h13-20,25-27,32,34-36,38H,7-12,21-24H2,1-6H3,(H,45,47)(H,46,53)(H,48,57)/t32-,34-,35-,36-,38-/m0/s1. The SMILES string of the molecule is COC(=O)C[C@H](C(=O)N1CCC[C@H]1c1ncc(-c2ccc(-c3ccc(NC(=O)[C@@H]4CCCN4C(=O)[C@@H]4CCCN4C(=O)[C@@H](NC(=O)OC)C(C)C)cc3)cc2)[nH]1)C(C)C. The molecule has 5 amide bonds. The van der Waals surface area contributed by atoms with Crippen molar-refractivity contribution in [3.05, 3.63) is 60.6 Å². The lowest BCUT2D eigenvalue weighted by atomic mass is 9.91. The molecule has 3 saturated heterocycles. The summed E-state index contributed by atoms with van der Waals surface area (Å²) in [6.07, 6.45) is 5.10. The molecule has 5 atom stereocenters. The molecule has 2 aromatic carbocycles. The number of nitrogens with one attached hydrogen (secondary N) is 3. The van der Waals surface area contributed by atoms with Crippen molar-refractivity contribution < 1.29 is 38.2 Å². The fourth-order valence-corrected chi connectivity index (χ4v) is 8.53. The van der Waals surface area contributed by atoms with E-state index in [-0.39, 0.29) is 47.9 Å². The largest absolute Gasteiger partial charge is 0.469 e. The molecule has 4 heterocycles. The van der Waals surface area contributed by atoms with E-state index in [1.54, 1.807) is 16.0 Å². The minimum atomic E-state index is -0.836. The number of alkyl carbamates (subject to hydrolysis) is 1. The number of hydrogen-bond acceptors (Lipinski definition) is 9. The van der Waals surface area contributed by atoms with Crippen LogP contribution in [-0.2, 0) is 33.4 Å². The number of H-pyrrole nitrogens is 1. The van der Waals surface area contributed by atoms with E-state index in [1.807, 2.05) is 81.1 Å². The maximum Gasteiger partial charge on any atom is 0.407 e. The van der Waals surface area contributed by atoms with Crippen LogP contribution in [0.4, 0.5) is 10.5 Å². The number of aromatic amines is 1. The third-order valence-corrected chi connectivity index (χ3v) is 11.9. The first-order valence-electron chi connectivity index (χ1n) is 20.7. The molecule has 0 unspecified atom stereocenters. The molecule has 3 fully saturated rings. The number of carbonyl (C=O) groups is 6. The normalized spacial score (nSPS) is 20.1. The lowest BCUT2D eigenvalue weighted by Gasteiger charge is -2.33. The van der Waals surface area contributed by atoms with E-state index in [4.69, 9.17) is 9.47 Å². The number of imidazole rings is 1. The number of likely N-dealkylation sites (tertiary alicyclic amines) is 3. The van der Waals surface area contributed by atoms with E-state index < -0.39 is 36.1 Å². The molecule has 3 aromatic rings. The van der Waals surface area contributed by atoms with E-state index in [0.717, 1.165) is 41.1 Å². The van der Waals surface area contributed by atoms with E-state index >= 15 is 0 Å². The van der Waals surface area contributed by atoms with Gasteiger partial charge in [-0.1, -0.05) is 64.1 Å². The Morgan fingerprint density at radius 3 is 1.95 bits per heavy atom. The van der Waals surface area contributed by atoms with Crippen LogP contribution in [0.5, 0.6) is 0 Å². The van der Waals surface area contributed by atoms with E-state index in [1.165, 1.54) is 14.2 Å². The molecule has 0 spiro atoms. The molecule has 3 N–H and O–H groups in total. The van der Waals surface area contributed by atoms with Gasteiger partial charge in [0.1, 0.15) is 23.9 Å². The Balaban J connectivity index is 1.06. The number of carbonyl (C=O) groups excluding carboxylic acids is 6. The topological polar surface area (TPSA) is 183 Å². The number of rotatable bonds is 13. The van der Waals surface area contributed by atoms with Gasteiger partial charge in [0.25, 0.3) is 0 Å². The van der Waals surface area contributed by atoms with Gasteiger partial charge in [-0.05, 0) is 79.2 Å². The molecule has 15 heteroatoms. The number of nitrogens with zero attached hydrogens (tertiary/aromatic N) is 4. The highest BCUT2D eigenvalue weighted by molar-refractivity contribution is 5.99. The second-order valence-corrected chi connectivity index (χ2v) is 16.4. The summed E-state index contributed by atoms with van der Waals surface area (Å²) >= 11 is 0. The minimum absolute atomic E-state index is 0.0122. The van der Waals surface area contributed by atoms with Crippen molar-refractivity contribution in [2.45, 2.75) is 96.8 Å². The summed E-state index contributed by atoms with van der Waals surface area (Å²) in [5, 5.41) is 5.60. The van der Waals surface area contributed by atoms with Crippen LogP contribution in [0.2, 0.25) is 0 Å². The number of anilines is 1. The highest BCUT2D eigenvalue weighted by Crippen LogP contribution is 2.35. The number of ether oxygens (including phenoxy) is 2. The lowest BCUT2D eigenvalue weighted by Crippen LogP contribution is -2.56. The van der Waals surface area contributed by atoms with Gasteiger partial charge in [-0.25, -0.2) is 9.78 Å². The van der Waals surface area contributed by atoms with Gasteiger partial charge < -0.3 is 39.8 Å². The Kier molecular flexibility index (Phi) is 13.7. The second kappa shape index (κ2) is 18.9. The van der Waals surface area contributed by atoms with Gasteiger partial charge in [-0.3, -0.25) is 24.0 Å². The minimum Gasteiger partial charge on any atom is -0.469 e. The summed E-state index contributed by atoms with van der Waals surface area (Å²) in [7, 11) is 2.58. The summed E-state index contributed by atoms with van der Waals surface area (Å²) in [6.45, 7) is 8.98. The zero-order chi connectivity index (χ0) is 42.4. The van der Waals surface area contributed by atoms with Gasteiger partial charge in [0.2, 0.25) is 23.6 Å². The molecule has 316 valence electrons. The Hall–Kier alpha value is -5.73. The van der Waals surface area contributed by atoms with Crippen molar-refractivity contribution in [2.75, 3.05) is 39.2 Å². The van der Waals surface area contributed by atoms with Crippen molar-refractivity contribution >= 4 is 41.4 Å². The predicted octanol–water partition coefficient (Wildman–Crippen LogP) is 5.54. The first kappa shape index (κ1) is 42.9. The average Bonchev–Trinajstić information content (AvgIpc) is 4.08. The van der Waals surface area contributed by atoms with Crippen LogP contribution >= 0.6 is 0 Å². The quantitative estimate of drug-likeness (QED) is 0.187. The number of hydrogen-bond donors (Lipinski definition) is 3. The summed E-state index contributed by atoms with van der Waals surface area (Å²) in [6, 6.07) is 13.2. The zero-order valence-electron chi connectivity index (χ0n) is 34.9. The van der Waals surface area contributed by atoms with Gasteiger partial charge in [0, 0.05) is 25.3 Å². The summed E-state index contributed by atoms with van der Waals surface area (Å²) in [5.41, 5.74) is 4.32. The Labute approximate surface area is 345 Å². The zero-order valence-corrected chi connectivity index (χ0v) is 34.9. The van der Waals surface area contributed by atoms with Gasteiger partial charge in [-0.15, -0.1) is 0 Å². The molecular weight excluding hydrogens is 755 g/mol. The van der Waals surface area contributed by atoms with E-state index in [0.29, 0.717) is 51.0 Å². The third kappa shape index (κ3) is 9.60. The van der Waals surface area contributed by atoms with E-state index in [2.05, 4.69) is 20.6 Å². The van der Waals surface area contributed by atoms with E-state index in [9.17, 15) is 28.8 Å². The molecule has 3 aliphatic heterocycles. The molecule has 15 nitrogen and oxygen atoms in total. The molecule has 1 aromatic heterocycles. The first-order chi connectivity index (χ1) is 28.3. The van der Waals surface area contributed by atoms with Gasteiger partial charge in [0.15, 0.2) is 0 Å². The third-order valence-electron chi connectivity index (χ3n) is 11.9. The van der Waals surface area contributed by atoms with Gasteiger partial charge in [-0.2, -0.15) is 0 Å². The molecule has 59 heavy (non-hydrogen) atoms. The summed E-state index contributed by atoms with van der Waals surface area (Å²) < 4.78 is 9.57. The van der Waals surface area contributed by atoms with Crippen LogP contribution < -0.4 is 10.6 Å². The smallest absolute Gasteiger partial charge is 0.407 e. The number of aromatic nitrogens is 2. The number of benzene rings is 2. The van der Waals surface area contributed by atoms with Crippen LogP contribution in [0.25, 0.3) is 22.4 Å². The number of esters is 1. The fraction of sp³-hybridized carbons (Fsp3) is 0.523. The van der Waals surface area contributed by atoms with Crippen molar-refractivity contribution in [2.24, 2.45) is 17.8 Å². The second-order valence-electron chi connectivity index (χ2n) is 16.4. The van der Waals surface area contributed by atoms with Crippen molar-refractivity contribution in [3.63, 3.8) is 0 Å². The lowest BCUT2D eigenvalue weighted by molar-refractivity contribution is -0.148. The Morgan fingerprint density at radius 2 is 1.32 bits per heavy atom. The van der Waals surface area contributed by atoms with Crippen LogP contribution in [0.1, 0.15) is 84.5 Å². The van der Waals surface area contributed by atoms with Crippen LogP contribution in [-0.4, -0.2) is 112 Å². The first-order valence-corrected chi connectivity index (χ1v) is 20.7. The van der Waals surface area contributed by atoms with Crippen molar-refractivity contribution in [1.29, 1.82) is 0 Å². The monoisotopic (exact) mass is 811 g/mol. The van der Waals surface area contributed by atoms with Gasteiger partial charge in [0.05, 0.1) is 44.5 Å². The van der Waals surface area contributed by atoms with Crippen LogP contribution in [0, 0.1) is 17.8 Å². The van der Waals surface area contributed by atoms with Crippen molar-refractivity contribution in [1.82, 2.24) is 30.0 Å². The van der Waals surface area contributed by atoms with Crippen LogP contribution in [0.3, 0.4) is 0 Å². The maximum atomic E-state index is 13.9. The number of amides is 5. The fourth-order valence-electron chi connectivity index (χ4n) is 8.53. The summed E-state index contributed by atoms with van der Waals surface area (Å²) in [4.78, 5) is 91.7. The molecule has 0 saturated carbocycles. The molecule has 6 rings (SSSR count). The average molecular weight is 812 g/mol.